The van der Waals surface area contributed by atoms with Gasteiger partial charge < -0.3 is 23.5 Å². The lowest BCUT2D eigenvalue weighted by atomic mass is 9.33. The van der Waals surface area contributed by atoms with Crippen molar-refractivity contribution in [3.8, 4) is 50.4 Å². The first-order chi connectivity index (χ1) is 56.1. The lowest BCUT2D eigenvalue weighted by Crippen LogP contribution is -2.61. The second-order valence-corrected chi connectivity index (χ2v) is 35.6. The number of benzene rings is 14. The molecule has 0 amide bonds. The predicted octanol–water partition coefficient (Wildman–Crippen LogP) is 26.5. The van der Waals surface area contributed by atoms with Gasteiger partial charge in [0.2, 0.25) is 0 Å². The Hall–Kier alpha value is -11.9. The van der Waals surface area contributed by atoms with Gasteiger partial charge in [0.15, 0.2) is 0 Å². The zero-order chi connectivity index (χ0) is 82.8. The average Bonchev–Trinajstić information content (AvgIpc) is 0.909. The van der Waals surface area contributed by atoms with Crippen molar-refractivity contribution in [2.75, 3.05) is 9.80 Å². The van der Waals surface area contributed by atoms with Crippen LogP contribution in [0.2, 0.25) is 0 Å². The summed E-state index contributed by atoms with van der Waals surface area (Å²) in [6.07, 6.45) is 0. The van der Waals surface area contributed by atoms with E-state index < -0.39 is 36.3 Å². The zero-order valence-electron chi connectivity index (χ0n) is 73.5. The van der Waals surface area contributed by atoms with Gasteiger partial charge >= 0.3 is 0 Å². The zero-order valence-corrected chi connectivity index (χ0v) is 65.5. The van der Waals surface area contributed by atoms with Gasteiger partial charge in [-0.15, -0.1) is 0 Å². The lowest BCUT2D eigenvalue weighted by Gasteiger charge is -2.46. The first-order valence-corrected chi connectivity index (χ1v) is 38.8. The van der Waals surface area contributed by atoms with E-state index >= 15 is 0 Å². The fraction of sp³-hybridized carbons (Fsp3) is 0.192. The molecule has 14 aromatic carbocycles. The molecule has 5 heterocycles. The molecule has 19 rings (SSSR count). The van der Waals surface area contributed by atoms with Crippen molar-refractivity contribution in [3.05, 3.63) is 325 Å². The van der Waals surface area contributed by atoms with E-state index in [2.05, 4.69) is 365 Å². The Balaban J connectivity index is 0.985. The molecule has 0 radical (unpaired) electrons. The number of fused-ring (bicyclic) bond motifs is 13. The molecule has 0 N–H and O–H groups in total. The molecule has 0 spiro atoms. The molecule has 0 fully saturated rings. The van der Waals surface area contributed by atoms with E-state index in [0.717, 1.165) is 139 Å². The molecule has 0 unspecified atom stereocenters. The Morgan fingerprint density at radius 3 is 1.27 bits per heavy atom. The summed E-state index contributed by atoms with van der Waals surface area (Å²) in [6, 6.07) is 88.7. The Labute approximate surface area is 659 Å². The number of rotatable bonds is 8. The van der Waals surface area contributed by atoms with Crippen LogP contribution < -0.4 is 26.2 Å². The van der Waals surface area contributed by atoms with E-state index in [0.29, 0.717) is 5.69 Å². The first-order valence-electron chi connectivity index (χ1n) is 42.8. The number of hydrogen-bond acceptors (Lipinski definition) is 2. The average molecular weight is 1430 g/mol. The predicted molar refractivity (Wildman–Crippen MR) is 473 cm³/mol. The van der Waals surface area contributed by atoms with Crippen LogP contribution in [-0.2, 0) is 27.1 Å². The van der Waals surface area contributed by atoms with Crippen LogP contribution in [0.4, 0.5) is 34.1 Å². The third-order valence-electron chi connectivity index (χ3n) is 23.4. The maximum Gasteiger partial charge on any atom is 0.252 e. The van der Waals surface area contributed by atoms with Gasteiger partial charge in [-0.3, -0.25) is 0 Å². The second kappa shape index (κ2) is 24.8. The molecule has 0 aliphatic carbocycles. The summed E-state index contributed by atoms with van der Waals surface area (Å²) in [5, 5.41) is 4.64. The normalized spacial score (nSPS) is 14.4. The Morgan fingerprint density at radius 2 is 0.736 bits per heavy atom. The highest BCUT2D eigenvalue weighted by Gasteiger charge is 2.46. The fourth-order valence-electron chi connectivity index (χ4n) is 17.6. The maximum absolute atomic E-state index is 9.90. The van der Waals surface area contributed by atoms with Crippen molar-refractivity contribution in [2.45, 2.75) is 131 Å². The van der Waals surface area contributed by atoms with Crippen LogP contribution >= 0.6 is 0 Å². The summed E-state index contributed by atoms with van der Waals surface area (Å²) < 4.78 is 82.7. The number of hydrogen-bond donors (Lipinski definition) is 0. The molecular weight excluding hydrogens is 1330 g/mol. The van der Waals surface area contributed by atoms with Gasteiger partial charge in [0.25, 0.3) is 6.71 Å². The van der Waals surface area contributed by atoms with Crippen LogP contribution in [-0.4, -0.2) is 20.4 Å². The van der Waals surface area contributed by atoms with E-state index in [4.69, 9.17) is 2.74 Å². The second-order valence-electron chi connectivity index (χ2n) is 35.6. The fourth-order valence-corrected chi connectivity index (χ4v) is 17.6. The topological polar surface area (TPSA) is 21.3 Å². The smallest absolute Gasteiger partial charge is 0.252 e. The van der Waals surface area contributed by atoms with Gasteiger partial charge in [-0.2, -0.15) is 0 Å². The quantitative estimate of drug-likeness (QED) is 0.141. The van der Waals surface area contributed by atoms with Crippen molar-refractivity contribution in [3.63, 3.8) is 0 Å². The van der Waals surface area contributed by atoms with Crippen LogP contribution in [0.3, 0.4) is 0 Å². The maximum atomic E-state index is 9.90. The molecule has 0 saturated heterocycles. The molecule has 2 aliphatic rings. The first kappa shape index (κ1) is 60.1. The molecule has 110 heavy (non-hydrogen) atoms. The number of aromatic nitrogens is 3. The molecule has 2 aliphatic heterocycles. The molecule has 0 saturated carbocycles. The summed E-state index contributed by atoms with van der Waals surface area (Å²) >= 11 is 0. The lowest BCUT2D eigenvalue weighted by molar-refractivity contribution is 0.590. The summed E-state index contributed by atoms with van der Waals surface area (Å²) in [7, 11) is 0. The highest BCUT2D eigenvalue weighted by atomic mass is 15.2. The SMILES string of the molecule is [2H]c1c([2H])c([2H])c2c(c1[2H])c1c([2H])c([2H])c([2H])c([2H])c1n2-c1ccc2c(c1)N(c1c(-c3ccccc3)cc(C(C)(C)C)cc1-c1ccccc1)c1cc(C(C)(C)C)cc3c1B2c1cc(-c2ccc(C(C)(C)C)cc2)ccc1N3c1cccc2c3cccc(-n4c5ccc(C(C)(C)C)cc5c5cc(C(C)(C)C)ccc54)c3n(-c3ccccc3)c12. The largest absolute Gasteiger partial charge is 0.310 e. The third kappa shape index (κ3) is 10.9. The Morgan fingerprint density at radius 1 is 0.264 bits per heavy atom. The van der Waals surface area contributed by atoms with Crippen molar-refractivity contribution < 1.29 is 11.0 Å². The summed E-state index contributed by atoms with van der Waals surface area (Å²) in [4.78, 5) is 5.05. The van der Waals surface area contributed by atoms with Gasteiger partial charge in [-0.1, -0.05) is 298 Å². The van der Waals surface area contributed by atoms with E-state index in [1.54, 1.807) is 4.57 Å². The van der Waals surface area contributed by atoms with Crippen LogP contribution in [0.15, 0.2) is 297 Å². The Kier molecular flexibility index (Phi) is 13.6. The minimum atomic E-state index is -0.500. The minimum Gasteiger partial charge on any atom is -0.310 e. The van der Waals surface area contributed by atoms with Crippen molar-refractivity contribution >= 4 is 123 Å². The molecule has 6 heteroatoms. The van der Waals surface area contributed by atoms with Crippen molar-refractivity contribution in [1.82, 2.24) is 13.7 Å². The summed E-state index contributed by atoms with van der Waals surface area (Å²) in [5.41, 5.74) is 26.5. The van der Waals surface area contributed by atoms with Crippen LogP contribution in [0.1, 0.15) is 143 Å². The molecule has 17 aromatic rings. The number of anilines is 6. The summed E-state index contributed by atoms with van der Waals surface area (Å²) in [5.74, 6) is 0. The van der Waals surface area contributed by atoms with Gasteiger partial charge in [0, 0.05) is 77.6 Å². The van der Waals surface area contributed by atoms with E-state index in [1.807, 2.05) is 6.07 Å². The van der Waals surface area contributed by atoms with E-state index in [9.17, 15) is 8.22 Å². The third-order valence-corrected chi connectivity index (χ3v) is 23.4. The van der Waals surface area contributed by atoms with Gasteiger partial charge in [0.05, 0.1) is 61.1 Å². The Bertz CT molecular complexity index is 6890. The monoisotopic (exact) mass is 1430 g/mol. The molecular formula is C104H94BN5. The van der Waals surface area contributed by atoms with Gasteiger partial charge in [0.1, 0.15) is 0 Å². The van der Waals surface area contributed by atoms with Crippen molar-refractivity contribution in [2.24, 2.45) is 0 Å². The minimum absolute atomic E-state index is 0.0147. The summed E-state index contributed by atoms with van der Waals surface area (Å²) in [6.45, 7) is 33.7. The molecule has 0 atom stereocenters. The molecule has 538 valence electrons. The van der Waals surface area contributed by atoms with E-state index in [1.165, 1.54) is 27.5 Å². The van der Waals surface area contributed by atoms with Gasteiger partial charge in [-0.25, -0.2) is 0 Å². The van der Waals surface area contributed by atoms with Crippen LogP contribution in [0.5, 0.6) is 0 Å². The standard InChI is InChI=1S/C104H94BN5/c1-100(2,3)69-48-45-65(46-49-69)68-47-54-90-85(57-68)105-84-53-52-75(106-86-41-27-25-37-76(86)77-38-26-28-42-87(77)106)64-93(84)110(97-80(66-31-19-16-20-32-66)60-72(103(10,11)12)61-81(97)67-33-21-17-22-34-67)95-63-73(104(13,14)15)62-94(96(95)105)109(90)92-44-30-40-79-78-39-29-43-91(98(78)107(99(79)92)74-35-23-18-24-36-74)108-88-55-50-70(101(4,5)6)58-82(88)83-59-71(102(7,8)9)51-56-89(83)108/h16-64H,1-15H3/i25D,26D,27D,28D,37D,38D,41D,42D. The van der Waals surface area contributed by atoms with Crippen molar-refractivity contribution in [1.29, 1.82) is 0 Å². The molecule has 5 nitrogen and oxygen atoms in total. The molecule has 3 aromatic heterocycles. The highest BCUT2D eigenvalue weighted by Crippen LogP contribution is 2.55. The number of para-hydroxylation sites is 5. The van der Waals surface area contributed by atoms with E-state index in [-0.39, 0.29) is 67.6 Å². The number of nitrogens with zero attached hydrogens (tertiary/aromatic N) is 5. The van der Waals surface area contributed by atoms with Crippen LogP contribution in [0.25, 0.3) is 116 Å². The molecule has 0 bridgehead atoms. The van der Waals surface area contributed by atoms with Crippen LogP contribution in [0, 0.1) is 0 Å². The highest BCUT2D eigenvalue weighted by molar-refractivity contribution is 7.00. The van der Waals surface area contributed by atoms with Gasteiger partial charge in [-0.05, 0) is 197 Å².